The van der Waals surface area contributed by atoms with E-state index in [0.717, 1.165) is 24.7 Å². The molecule has 0 radical (unpaired) electrons. The number of carboxylic acids is 1. The van der Waals surface area contributed by atoms with Crippen molar-refractivity contribution < 1.29 is 9.90 Å². The van der Waals surface area contributed by atoms with E-state index in [1.165, 1.54) is 25.7 Å². The van der Waals surface area contributed by atoms with Crippen molar-refractivity contribution >= 4 is 5.97 Å². The van der Waals surface area contributed by atoms with Gasteiger partial charge in [-0.2, -0.15) is 0 Å². The molecule has 0 saturated heterocycles. The Hall–Kier alpha value is -0.570. The molecule has 2 aliphatic carbocycles. The highest BCUT2D eigenvalue weighted by molar-refractivity contribution is 5.67. The summed E-state index contributed by atoms with van der Waals surface area (Å²) in [5, 5.41) is 8.95. The predicted octanol–water partition coefficient (Wildman–Crippen LogP) is 2.01. The van der Waals surface area contributed by atoms with E-state index in [0.29, 0.717) is 6.54 Å². The van der Waals surface area contributed by atoms with Gasteiger partial charge in [0.2, 0.25) is 0 Å². The number of aliphatic carboxylic acids is 1. The van der Waals surface area contributed by atoms with Crippen molar-refractivity contribution in [2.24, 2.45) is 23.0 Å². The second kappa shape index (κ2) is 4.12. The maximum Gasteiger partial charge on any atom is 0.303 e. The van der Waals surface area contributed by atoms with Crippen molar-refractivity contribution in [3.63, 3.8) is 0 Å². The fraction of sp³-hybridized carbons (Fsp3) is 0.917. The zero-order valence-electron chi connectivity index (χ0n) is 9.24. The maximum absolute atomic E-state index is 10.9. The lowest BCUT2D eigenvalue weighted by Gasteiger charge is -2.41. The fourth-order valence-corrected chi connectivity index (χ4v) is 3.65. The lowest BCUT2D eigenvalue weighted by Crippen LogP contribution is -2.39. The van der Waals surface area contributed by atoms with E-state index in [2.05, 4.69) is 0 Å². The Balaban J connectivity index is 2.04. The molecular weight excluding hydrogens is 190 g/mol. The highest BCUT2D eigenvalue weighted by Gasteiger charge is 2.42. The Morgan fingerprint density at radius 1 is 1.33 bits per heavy atom. The monoisotopic (exact) mass is 211 g/mol. The highest BCUT2D eigenvalue weighted by Crippen LogP contribution is 2.50. The second-order valence-electron chi connectivity index (χ2n) is 5.47. The molecule has 0 spiro atoms. The van der Waals surface area contributed by atoms with Crippen LogP contribution in [0.4, 0.5) is 0 Å². The Morgan fingerprint density at radius 2 is 2.07 bits per heavy atom. The van der Waals surface area contributed by atoms with Gasteiger partial charge in [0.25, 0.3) is 0 Å². The van der Waals surface area contributed by atoms with Crippen molar-refractivity contribution in [3.05, 3.63) is 0 Å². The molecule has 2 fully saturated rings. The number of carbonyl (C=O) groups is 1. The minimum absolute atomic E-state index is 0.0860. The van der Waals surface area contributed by atoms with Gasteiger partial charge in [0.1, 0.15) is 0 Å². The number of hydrogen-bond donors (Lipinski definition) is 2. The molecule has 3 N–H and O–H groups in total. The summed E-state index contributed by atoms with van der Waals surface area (Å²) in [6.45, 7) is 0.544. The molecule has 0 aromatic carbocycles. The van der Waals surface area contributed by atoms with Crippen LogP contribution in [0.3, 0.4) is 0 Å². The zero-order chi connectivity index (χ0) is 10.9. The van der Waals surface area contributed by atoms with E-state index in [-0.39, 0.29) is 11.8 Å². The molecule has 86 valence electrons. The average molecular weight is 211 g/mol. The van der Waals surface area contributed by atoms with Crippen molar-refractivity contribution in [2.45, 2.75) is 44.9 Å². The molecular formula is C12H21NO2. The topological polar surface area (TPSA) is 63.3 Å². The minimum atomic E-state index is -0.683. The largest absolute Gasteiger partial charge is 0.481 e. The number of rotatable bonds is 3. The van der Waals surface area contributed by atoms with Crippen molar-refractivity contribution in [3.8, 4) is 0 Å². The van der Waals surface area contributed by atoms with Gasteiger partial charge in [-0.25, -0.2) is 0 Å². The van der Waals surface area contributed by atoms with Crippen molar-refractivity contribution in [1.29, 1.82) is 0 Å². The fourth-order valence-electron chi connectivity index (χ4n) is 3.65. The summed E-state index contributed by atoms with van der Waals surface area (Å²) >= 11 is 0. The normalized spacial score (nSPS) is 40.1. The van der Waals surface area contributed by atoms with Gasteiger partial charge in [-0.3, -0.25) is 4.79 Å². The van der Waals surface area contributed by atoms with Crippen LogP contribution in [0.25, 0.3) is 0 Å². The van der Waals surface area contributed by atoms with Crippen LogP contribution < -0.4 is 5.73 Å². The van der Waals surface area contributed by atoms with Gasteiger partial charge >= 0.3 is 5.97 Å². The highest BCUT2D eigenvalue weighted by atomic mass is 16.4. The van der Waals surface area contributed by atoms with Crippen LogP contribution in [-0.2, 0) is 4.79 Å². The summed E-state index contributed by atoms with van der Waals surface area (Å²) in [5.41, 5.74) is 5.72. The van der Waals surface area contributed by atoms with E-state index < -0.39 is 5.97 Å². The maximum atomic E-state index is 10.9. The molecule has 2 saturated carbocycles. The molecule has 2 rings (SSSR count). The smallest absolute Gasteiger partial charge is 0.303 e. The van der Waals surface area contributed by atoms with Gasteiger partial charge < -0.3 is 10.8 Å². The molecule has 0 aliphatic heterocycles. The zero-order valence-corrected chi connectivity index (χ0v) is 9.24. The summed E-state index contributed by atoms with van der Waals surface area (Å²) in [5.74, 6) is 0.956. The number of hydrogen-bond acceptors (Lipinski definition) is 2. The van der Waals surface area contributed by atoms with Gasteiger partial charge in [-0.1, -0.05) is 19.3 Å². The molecule has 0 aromatic heterocycles. The van der Waals surface area contributed by atoms with E-state index in [4.69, 9.17) is 10.8 Å². The van der Waals surface area contributed by atoms with Gasteiger partial charge in [0.05, 0.1) is 6.42 Å². The first kappa shape index (κ1) is 10.9. The average Bonchev–Trinajstić information content (AvgIpc) is 2.63. The van der Waals surface area contributed by atoms with Crippen LogP contribution in [0.15, 0.2) is 0 Å². The van der Waals surface area contributed by atoms with Gasteiger partial charge in [0, 0.05) is 0 Å². The van der Waals surface area contributed by atoms with Crippen LogP contribution in [0.2, 0.25) is 0 Å². The third kappa shape index (κ3) is 2.17. The molecule has 3 nitrogen and oxygen atoms in total. The second-order valence-corrected chi connectivity index (χ2v) is 5.47. The molecule has 0 amide bonds. The number of nitrogens with two attached hydrogens (primary N) is 1. The van der Waals surface area contributed by atoms with Crippen LogP contribution >= 0.6 is 0 Å². The third-order valence-corrected chi connectivity index (χ3v) is 4.52. The molecule has 3 heteroatoms. The Labute approximate surface area is 91.0 Å². The van der Waals surface area contributed by atoms with Crippen molar-refractivity contribution in [1.82, 2.24) is 0 Å². The quantitative estimate of drug-likeness (QED) is 0.750. The molecule has 0 aromatic rings. The van der Waals surface area contributed by atoms with Gasteiger partial charge in [0.15, 0.2) is 0 Å². The summed E-state index contributed by atoms with van der Waals surface area (Å²) in [4.78, 5) is 10.9. The molecule has 2 aliphatic rings. The van der Waals surface area contributed by atoms with E-state index in [1.54, 1.807) is 0 Å². The van der Waals surface area contributed by atoms with Gasteiger partial charge in [-0.05, 0) is 43.1 Å². The summed E-state index contributed by atoms with van der Waals surface area (Å²) < 4.78 is 0. The van der Waals surface area contributed by atoms with Crippen molar-refractivity contribution in [2.75, 3.05) is 6.54 Å². The molecule has 15 heavy (non-hydrogen) atoms. The first-order chi connectivity index (χ1) is 7.15. The Morgan fingerprint density at radius 3 is 2.73 bits per heavy atom. The van der Waals surface area contributed by atoms with Crippen LogP contribution in [0, 0.1) is 17.3 Å². The number of carboxylic acid groups (broad SMARTS) is 1. The van der Waals surface area contributed by atoms with E-state index in [1.807, 2.05) is 0 Å². The standard InChI is InChI=1S/C12H21NO2/c13-8-12(7-11(14)15)5-4-9-2-1-3-10(9)6-12/h9-10H,1-8,13H2,(H,14,15)/t9?,10?,12-/m0/s1. The predicted molar refractivity (Wildman–Crippen MR) is 58.4 cm³/mol. The SMILES string of the molecule is NC[C@@]1(CC(=O)O)CCC2CCCC2C1. The Bertz CT molecular complexity index is 254. The van der Waals surface area contributed by atoms with Gasteiger partial charge in [-0.15, -0.1) is 0 Å². The van der Waals surface area contributed by atoms with Crippen LogP contribution in [-0.4, -0.2) is 17.6 Å². The third-order valence-electron chi connectivity index (χ3n) is 4.52. The summed E-state index contributed by atoms with van der Waals surface area (Å²) in [6, 6.07) is 0. The molecule has 3 atom stereocenters. The first-order valence-electron chi connectivity index (χ1n) is 6.07. The summed E-state index contributed by atoms with van der Waals surface area (Å²) in [6.07, 6.45) is 7.55. The van der Waals surface area contributed by atoms with Crippen LogP contribution in [0.5, 0.6) is 0 Å². The van der Waals surface area contributed by atoms with E-state index >= 15 is 0 Å². The lowest BCUT2D eigenvalue weighted by molar-refractivity contribution is -0.140. The number of fused-ring (bicyclic) bond motifs is 1. The van der Waals surface area contributed by atoms with Crippen LogP contribution in [0.1, 0.15) is 44.9 Å². The molecule has 0 heterocycles. The van der Waals surface area contributed by atoms with E-state index in [9.17, 15) is 4.79 Å². The first-order valence-corrected chi connectivity index (χ1v) is 6.07. The lowest BCUT2D eigenvalue weighted by atomic mass is 9.65. The Kier molecular flexibility index (Phi) is 3.01. The summed E-state index contributed by atoms with van der Waals surface area (Å²) in [7, 11) is 0. The molecule has 0 bridgehead atoms. The molecule has 2 unspecified atom stereocenters. The minimum Gasteiger partial charge on any atom is -0.481 e.